The van der Waals surface area contributed by atoms with Gasteiger partial charge in [-0.05, 0) is 37.1 Å². The van der Waals surface area contributed by atoms with Gasteiger partial charge >= 0.3 is 0 Å². The number of hydrogen-bond acceptors (Lipinski definition) is 1. The number of nitrogens with zero attached hydrogens (tertiary/aromatic N) is 2. The van der Waals surface area contributed by atoms with E-state index < -0.39 is 11.6 Å². The maximum absolute atomic E-state index is 13.5. The van der Waals surface area contributed by atoms with Crippen LogP contribution in [0.15, 0.2) is 36.5 Å². The Morgan fingerprint density at radius 1 is 1.13 bits per heavy atom. The second-order valence-electron chi connectivity index (χ2n) is 6.07. The minimum absolute atomic E-state index is 0.0590. The van der Waals surface area contributed by atoms with Crippen molar-refractivity contribution in [1.29, 1.82) is 0 Å². The van der Waals surface area contributed by atoms with Crippen molar-refractivity contribution in [3.63, 3.8) is 0 Å². The van der Waals surface area contributed by atoms with Crippen molar-refractivity contribution in [3.05, 3.63) is 59.4 Å². The van der Waals surface area contributed by atoms with E-state index in [0.717, 1.165) is 49.6 Å². The zero-order chi connectivity index (χ0) is 16.4. The lowest BCUT2D eigenvalue weighted by Crippen LogP contribution is -2.35. The highest BCUT2D eigenvalue weighted by molar-refractivity contribution is 5.94. The molecule has 1 aliphatic heterocycles. The summed E-state index contributed by atoms with van der Waals surface area (Å²) < 4.78 is 28.9. The zero-order valence-corrected chi connectivity index (χ0v) is 13.1. The minimum atomic E-state index is -0.724. The van der Waals surface area contributed by atoms with Crippen molar-refractivity contribution in [2.45, 2.75) is 31.7 Å². The molecule has 1 aromatic carbocycles. The third-order valence-electron chi connectivity index (χ3n) is 4.45. The Morgan fingerprint density at radius 2 is 1.87 bits per heavy atom. The molecule has 0 saturated carbocycles. The Bertz CT molecular complexity index is 691. The van der Waals surface area contributed by atoms with Crippen LogP contribution in [-0.4, -0.2) is 21.9 Å². The number of likely N-dealkylation sites (tertiary alicyclic amines) is 1. The molecule has 0 bridgehead atoms. The zero-order valence-electron chi connectivity index (χ0n) is 13.1. The predicted octanol–water partition coefficient (Wildman–Crippen LogP) is 4.06. The van der Waals surface area contributed by atoms with Crippen LogP contribution in [0.3, 0.4) is 0 Å². The Hall–Kier alpha value is -2.17. The van der Waals surface area contributed by atoms with Gasteiger partial charge in [0.05, 0.1) is 6.04 Å². The number of aryl methyl sites for hydroxylation is 1. The maximum atomic E-state index is 13.5. The normalized spacial score (nSPS) is 18.7. The first-order valence-electron chi connectivity index (χ1n) is 7.94. The van der Waals surface area contributed by atoms with E-state index in [9.17, 15) is 13.6 Å². The van der Waals surface area contributed by atoms with Crippen molar-refractivity contribution >= 4 is 5.91 Å². The molecule has 3 rings (SSSR count). The Labute approximate surface area is 134 Å². The number of rotatable bonds is 2. The average molecular weight is 318 g/mol. The SMILES string of the molecule is Cn1cccc1[C@H]1CCCCCN1C(=O)c1cc(F)cc(F)c1. The van der Waals surface area contributed by atoms with E-state index in [0.29, 0.717) is 6.54 Å². The smallest absolute Gasteiger partial charge is 0.254 e. The standard InChI is InChI=1S/C18H20F2N2O/c1-21-8-5-7-16(21)17-6-3-2-4-9-22(17)18(23)13-10-14(19)12-15(20)11-13/h5,7-8,10-12,17H,2-4,6,9H2,1H3/t17-/m1/s1. The van der Waals surface area contributed by atoms with Gasteiger partial charge in [-0.2, -0.15) is 0 Å². The summed E-state index contributed by atoms with van der Waals surface area (Å²) in [6.45, 7) is 0.604. The summed E-state index contributed by atoms with van der Waals surface area (Å²) in [4.78, 5) is 14.6. The first kappa shape index (κ1) is 15.7. The molecule has 1 aromatic heterocycles. The summed E-state index contributed by atoms with van der Waals surface area (Å²) in [5.74, 6) is -1.76. The van der Waals surface area contributed by atoms with Crippen LogP contribution in [0.2, 0.25) is 0 Å². The summed E-state index contributed by atoms with van der Waals surface area (Å²) in [5, 5.41) is 0. The molecule has 0 aliphatic carbocycles. The highest BCUT2D eigenvalue weighted by atomic mass is 19.1. The van der Waals surface area contributed by atoms with Crippen LogP contribution in [0.5, 0.6) is 0 Å². The fourth-order valence-corrected chi connectivity index (χ4v) is 3.32. The van der Waals surface area contributed by atoms with Crippen molar-refractivity contribution in [1.82, 2.24) is 9.47 Å². The van der Waals surface area contributed by atoms with Gasteiger partial charge in [0.2, 0.25) is 0 Å². The van der Waals surface area contributed by atoms with E-state index >= 15 is 0 Å². The maximum Gasteiger partial charge on any atom is 0.254 e. The van der Waals surface area contributed by atoms with E-state index in [1.807, 2.05) is 29.9 Å². The molecule has 1 atom stereocenters. The summed E-state index contributed by atoms with van der Waals surface area (Å²) >= 11 is 0. The Morgan fingerprint density at radius 3 is 2.52 bits per heavy atom. The quantitative estimate of drug-likeness (QED) is 0.820. The lowest BCUT2D eigenvalue weighted by Gasteiger charge is -2.30. The molecule has 0 unspecified atom stereocenters. The Kier molecular flexibility index (Phi) is 4.46. The van der Waals surface area contributed by atoms with Gasteiger partial charge in [0.1, 0.15) is 11.6 Å². The van der Waals surface area contributed by atoms with Gasteiger partial charge in [0.15, 0.2) is 0 Å². The lowest BCUT2D eigenvalue weighted by atomic mass is 10.1. The molecule has 23 heavy (non-hydrogen) atoms. The van der Waals surface area contributed by atoms with Gasteiger partial charge < -0.3 is 9.47 Å². The first-order valence-corrected chi connectivity index (χ1v) is 7.94. The van der Waals surface area contributed by atoms with Gasteiger partial charge in [0.25, 0.3) is 5.91 Å². The van der Waals surface area contributed by atoms with E-state index in [-0.39, 0.29) is 17.5 Å². The number of halogens is 2. The predicted molar refractivity (Wildman–Crippen MR) is 84.0 cm³/mol. The summed E-state index contributed by atoms with van der Waals surface area (Å²) in [6.07, 6.45) is 5.82. The number of amides is 1. The van der Waals surface area contributed by atoms with E-state index in [1.54, 1.807) is 4.90 Å². The molecule has 0 radical (unpaired) electrons. The minimum Gasteiger partial charge on any atom is -0.353 e. The van der Waals surface area contributed by atoms with Gasteiger partial charge in [-0.15, -0.1) is 0 Å². The number of benzene rings is 1. The number of carbonyl (C=O) groups is 1. The summed E-state index contributed by atoms with van der Waals surface area (Å²) in [5.41, 5.74) is 1.13. The number of hydrogen-bond donors (Lipinski definition) is 0. The molecule has 0 spiro atoms. The van der Waals surface area contributed by atoms with Crippen LogP contribution in [0.1, 0.15) is 47.8 Å². The molecule has 1 saturated heterocycles. The molecule has 5 heteroatoms. The summed E-state index contributed by atoms with van der Waals surface area (Å²) in [6, 6.07) is 6.90. The van der Waals surface area contributed by atoms with Crippen LogP contribution >= 0.6 is 0 Å². The third kappa shape index (κ3) is 3.28. The molecule has 1 aliphatic rings. The molecular weight excluding hydrogens is 298 g/mol. The highest BCUT2D eigenvalue weighted by Gasteiger charge is 2.29. The molecule has 2 aromatic rings. The molecule has 0 N–H and O–H groups in total. The van der Waals surface area contributed by atoms with Crippen molar-refractivity contribution in [2.75, 3.05) is 6.54 Å². The van der Waals surface area contributed by atoms with Gasteiger partial charge in [-0.1, -0.05) is 12.8 Å². The monoisotopic (exact) mass is 318 g/mol. The molecule has 122 valence electrons. The summed E-state index contributed by atoms with van der Waals surface area (Å²) in [7, 11) is 1.95. The van der Waals surface area contributed by atoms with E-state index in [4.69, 9.17) is 0 Å². The fraction of sp³-hybridized carbons (Fsp3) is 0.389. The molecule has 1 fully saturated rings. The van der Waals surface area contributed by atoms with Crippen LogP contribution in [-0.2, 0) is 7.05 Å². The highest BCUT2D eigenvalue weighted by Crippen LogP contribution is 2.31. The second kappa shape index (κ2) is 6.52. The van der Waals surface area contributed by atoms with Crippen LogP contribution in [0, 0.1) is 11.6 Å². The van der Waals surface area contributed by atoms with Crippen molar-refractivity contribution in [2.24, 2.45) is 7.05 Å². The average Bonchev–Trinajstić information content (AvgIpc) is 2.79. The molecule has 2 heterocycles. The van der Waals surface area contributed by atoms with Crippen molar-refractivity contribution < 1.29 is 13.6 Å². The van der Waals surface area contributed by atoms with Gasteiger partial charge in [0, 0.05) is 37.1 Å². The first-order chi connectivity index (χ1) is 11.1. The van der Waals surface area contributed by atoms with Gasteiger partial charge in [-0.25, -0.2) is 8.78 Å². The fourth-order valence-electron chi connectivity index (χ4n) is 3.32. The van der Waals surface area contributed by atoms with E-state index in [2.05, 4.69) is 0 Å². The third-order valence-corrected chi connectivity index (χ3v) is 4.45. The van der Waals surface area contributed by atoms with Crippen molar-refractivity contribution in [3.8, 4) is 0 Å². The Balaban J connectivity index is 1.96. The molecule has 1 amide bonds. The number of aromatic nitrogens is 1. The number of carbonyl (C=O) groups excluding carboxylic acids is 1. The topological polar surface area (TPSA) is 25.2 Å². The molecular formula is C18H20F2N2O. The van der Waals surface area contributed by atoms with Crippen LogP contribution in [0.25, 0.3) is 0 Å². The van der Waals surface area contributed by atoms with E-state index in [1.165, 1.54) is 0 Å². The van der Waals surface area contributed by atoms with Crippen LogP contribution < -0.4 is 0 Å². The van der Waals surface area contributed by atoms with Crippen LogP contribution in [0.4, 0.5) is 8.78 Å². The molecule has 3 nitrogen and oxygen atoms in total. The largest absolute Gasteiger partial charge is 0.353 e. The lowest BCUT2D eigenvalue weighted by molar-refractivity contribution is 0.0673. The second-order valence-corrected chi connectivity index (χ2v) is 6.07. The van der Waals surface area contributed by atoms with Gasteiger partial charge in [-0.3, -0.25) is 4.79 Å².